The molecule has 0 amide bonds. The molecule has 0 aromatic heterocycles. The van der Waals surface area contributed by atoms with Crippen molar-refractivity contribution in [3.8, 4) is 0 Å². The standard InChI is InChI=1S/C19H21ClO/c20-17-10-6-7-15(13-17)14-19(21)12-5-4-11-18(19)16-8-2-1-3-9-16/h1-3,6-10,13,18,21H,4-5,11-12,14H2. The molecule has 0 heterocycles. The fraction of sp³-hybridized carbons (Fsp3) is 0.368. The van der Waals surface area contributed by atoms with Crippen LogP contribution in [0.1, 0.15) is 42.7 Å². The van der Waals surface area contributed by atoms with Crippen molar-refractivity contribution in [3.05, 3.63) is 70.7 Å². The Morgan fingerprint density at radius 1 is 1.05 bits per heavy atom. The van der Waals surface area contributed by atoms with E-state index in [0.29, 0.717) is 6.42 Å². The molecule has 2 aromatic carbocycles. The normalized spacial score (nSPS) is 25.7. The van der Waals surface area contributed by atoms with Crippen molar-refractivity contribution in [1.82, 2.24) is 0 Å². The molecule has 1 aliphatic rings. The van der Waals surface area contributed by atoms with Gasteiger partial charge in [0.25, 0.3) is 0 Å². The lowest BCUT2D eigenvalue weighted by molar-refractivity contribution is -0.0166. The van der Waals surface area contributed by atoms with Crippen LogP contribution in [0.2, 0.25) is 5.02 Å². The Hall–Kier alpha value is -1.31. The lowest BCUT2D eigenvalue weighted by Crippen LogP contribution is -2.41. The Morgan fingerprint density at radius 2 is 1.86 bits per heavy atom. The van der Waals surface area contributed by atoms with Crippen molar-refractivity contribution >= 4 is 11.6 Å². The number of aliphatic hydroxyl groups is 1. The van der Waals surface area contributed by atoms with Gasteiger partial charge in [-0.2, -0.15) is 0 Å². The van der Waals surface area contributed by atoms with Gasteiger partial charge in [-0.05, 0) is 36.1 Å². The van der Waals surface area contributed by atoms with Gasteiger partial charge >= 0.3 is 0 Å². The van der Waals surface area contributed by atoms with Gasteiger partial charge in [-0.3, -0.25) is 0 Å². The maximum absolute atomic E-state index is 11.3. The summed E-state index contributed by atoms with van der Waals surface area (Å²) in [5.74, 6) is 0.214. The highest BCUT2D eigenvalue weighted by Gasteiger charge is 2.39. The van der Waals surface area contributed by atoms with E-state index in [1.165, 1.54) is 12.0 Å². The van der Waals surface area contributed by atoms with E-state index in [4.69, 9.17) is 11.6 Å². The zero-order valence-electron chi connectivity index (χ0n) is 12.1. The maximum atomic E-state index is 11.3. The van der Waals surface area contributed by atoms with Crippen molar-refractivity contribution in [2.75, 3.05) is 0 Å². The zero-order chi connectivity index (χ0) is 14.7. The van der Waals surface area contributed by atoms with Gasteiger partial charge in [0.05, 0.1) is 5.60 Å². The lowest BCUT2D eigenvalue weighted by atomic mass is 9.69. The van der Waals surface area contributed by atoms with Gasteiger partial charge in [-0.1, -0.05) is 66.9 Å². The fourth-order valence-corrected chi connectivity index (χ4v) is 3.81. The predicted octanol–water partition coefficient (Wildman–Crippen LogP) is 4.97. The Bertz CT molecular complexity index is 596. The van der Waals surface area contributed by atoms with Crippen LogP contribution in [0.3, 0.4) is 0 Å². The van der Waals surface area contributed by atoms with Crippen molar-refractivity contribution < 1.29 is 5.11 Å². The summed E-state index contributed by atoms with van der Waals surface area (Å²) in [6.07, 6.45) is 4.88. The molecule has 1 fully saturated rings. The molecule has 1 nitrogen and oxygen atoms in total. The van der Waals surface area contributed by atoms with E-state index < -0.39 is 5.60 Å². The molecule has 1 saturated carbocycles. The quantitative estimate of drug-likeness (QED) is 0.848. The summed E-state index contributed by atoms with van der Waals surface area (Å²) < 4.78 is 0. The van der Waals surface area contributed by atoms with E-state index in [9.17, 15) is 5.11 Å². The van der Waals surface area contributed by atoms with Crippen LogP contribution in [0.4, 0.5) is 0 Å². The van der Waals surface area contributed by atoms with Crippen molar-refractivity contribution in [1.29, 1.82) is 0 Å². The minimum atomic E-state index is -0.662. The molecule has 0 saturated heterocycles. The highest BCUT2D eigenvalue weighted by molar-refractivity contribution is 6.30. The van der Waals surface area contributed by atoms with Crippen molar-refractivity contribution in [2.45, 2.75) is 43.6 Å². The van der Waals surface area contributed by atoms with Gasteiger partial charge in [0.1, 0.15) is 0 Å². The van der Waals surface area contributed by atoms with E-state index in [1.807, 2.05) is 24.3 Å². The molecular formula is C19H21ClO. The predicted molar refractivity (Wildman–Crippen MR) is 87.8 cm³/mol. The van der Waals surface area contributed by atoms with Crippen LogP contribution in [0.25, 0.3) is 0 Å². The van der Waals surface area contributed by atoms with E-state index >= 15 is 0 Å². The molecule has 0 spiro atoms. The summed E-state index contributed by atoms with van der Waals surface area (Å²) in [5.41, 5.74) is 1.71. The summed E-state index contributed by atoms with van der Waals surface area (Å²) >= 11 is 6.08. The average molecular weight is 301 g/mol. The first-order valence-electron chi connectivity index (χ1n) is 7.69. The Labute approximate surface area is 131 Å². The first-order valence-corrected chi connectivity index (χ1v) is 8.07. The van der Waals surface area contributed by atoms with Crippen LogP contribution in [0.5, 0.6) is 0 Å². The van der Waals surface area contributed by atoms with Gasteiger partial charge in [0, 0.05) is 17.4 Å². The van der Waals surface area contributed by atoms with E-state index in [2.05, 4.69) is 30.3 Å². The summed E-state index contributed by atoms with van der Waals surface area (Å²) in [4.78, 5) is 0. The largest absolute Gasteiger partial charge is 0.389 e. The van der Waals surface area contributed by atoms with Crippen LogP contribution in [0, 0.1) is 0 Å². The molecule has 2 atom stereocenters. The second-order valence-electron chi connectivity index (χ2n) is 6.12. The van der Waals surface area contributed by atoms with Crippen LogP contribution < -0.4 is 0 Å². The molecule has 1 N–H and O–H groups in total. The first-order chi connectivity index (χ1) is 10.2. The van der Waals surface area contributed by atoms with Crippen LogP contribution in [-0.2, 0) is 6.42 Å². The molecule has 21 heavy (non-hydrogen) atoms. The molecule has 110 valence electrons. The summed E-state index contributed by atoms with van der Waals surface area (Å²) in [5, 5.41) is 12.0. The van der Waals surface area contributed by atoms with E-state index in [-0.39, 0.29) is 5.92 Å². The molecule has 2 heteroatoms. The van der Waals surface area contributed by atoms with Gasteiger partial charge in [-0.15, -0.1) is 0 Å². The van der Waals surface area contributed by atoms with Gasteiger partial charge < -0.3 is 5.11 Å². The molecule has 0 bridgehead atoms. The minimum absolute atomic E-state index is 0.214. The van der Waals surface area contributed by atoms with E-state index in [1.54, 1.807) is 0 Å². The molecule has 2 aromatic rings. The molecule has 2 unspecified atom stereocenters. The molecule has 0 aliphatic heterocycles. The zero-order valence-corrected chi connectivity index (χ0v) is 12.9. The third kappa shape index (κ3) is 3.30. The summed E-state index contributed by atoms with van der Waals surface area (Å²) in [6.45, 7) is 0. The van der Waals surface area contributed by atoms with Crippen molar-refractivity contribution in [3.63, 3.8) is 0 Å². The van der Waals surface area contributed by atoms with Gasteiger partial charge in [0.2, 0.25) is 0 Å². The summed E-state index contributed by atoms with van der Waals surface area (Å²) in [6, 6.07) is 18.3. The number of rotatable bonds is 3. The Kier molecular flexibility index (Phi) is 4.32. The lowest BCUT2D eigenvalue weighted by Gasteiger charge is -2.40. The number of hydrogen-bond acceptors (Lipinski definition) is 1. The Balaban J connectivity index is 1.88. The van der Waals surface area contributed by atoms with Crippen LogP contribution in [0.15, 0.2) is 54.6 Å². The van der Waals surface area contributed by atoms with Gasteiger partial charge in [0.15, 0.2) is 0 Å². The second kappa shape index (κ2) is 6.21. The average Bonchev–Trinajstić information content (AvgIpc) is 2.48. The monoisotopic (exact) mass is 300 g/mol. The molecule has 1 aliphatic carbocycles. The number of halogens is 1. The highest BCUT2D eigenvalue weighted by Crippen LogP contribution is 2.42. The number of hydrogen-bond donors (Lipinski definition) is 1. The van der Waals surface area contributed by atoms with Crippen LogP contribution >= 0.6 is 11.6 Å². The maximum Gasteiger partial charge on any atom is 0.0756 e. The fourth-order valence-electron chi connectivity index (χ4n) is 3.60. The van der Waals surface area contributed by atoms with Crippen molar-refractivity contribution in [2.24, 2.45) is 0 Å². The topological polar surface area (TPSA) is 20.2 Å². The second-order valence-corrected chi connectivity index (χ2v) is 6.56. The Morgan fingerprint density at radius 3 is 2.62 bits per heavy atom. The minimum Gasteiger partial charge on any atom is -0.389 e. The number of benzene rings is 2. The smallest absolute Gasteiger partial charge is 0.0756 e. The first kappa shape index (κ1) is 14.6. The van der Waals surface area contributed by atoms with Gasteiger partial charge in [-0.25, -0.2) is 0 Å². The van der Waals surface area contributed by atoms with Crippen LogP contribution in [-0.4, -0.2) is 10.7 Å². The summed E-state index contributed by atoms with van der Waals surface area (Å²) in [7, 11) is 0. The third-order valence-corrected chi connectivity index (χ3v) is 4.84. The molecule has 3 rings (SSSR count). The SMILES string of the molecule is OC1(Cc2cccc(Cl)c2)CCCCC1c1ccccc1. The molecule has 0 radical (unpaired) electrons. The highest BCUT2D eigenvalue weighted by atomic mass is 35.5. The van der Waals surface area contributed by atoms with E-state index in [0.717, 1.165) is 29.8 Å². The third-order valence-electron chi connectivity index (χ3n) is 4.60. The molecular weight excluding hydrogens is 280 g/mol.